The number of carbonyl (C=O) groups excluding carboxylic acids is 1. The molecule has 7 nitrogen and oxygen atoms in total. The number of anilines is 2. The number of alkyl halides is 5. The molecule has 0 amide bonds. The van der Waals surface area contributed by atoms with Crippen molar-refractivity contribution in [2.75, 3.05) is 12.0 Å². The predicted molar refractivity (Wildman–Crippen MR) is 146 cm³/mol. The minimum absolute atomic E-state index is 0.0417. The van der Waals surface area contributed by atoms with Gasteiger partial charge in [0.05, 0.1) is 30.5 Å². The molecule has 1 heterocycles. The molecule has 0 saturated carbocycles. The lowest BCUT2D eigenvalue weighted by Crippen LogP contribution is -2.18. The Morgan fingerprint density at radius 1 is 1.02 bits per heavy atom. The van der Waals surface area contributed by atoms with Crippen LogP contribution in [0, 0.1) is 0 Å². The van der Waals surface area contributed by atoms with Crippen molar-refractivity contribution in [2.24, 2.45) is 0 Å². The Labute approximate surface area is 242 Å². The number of thiazole rings is 1. The summed E-state index contributed by atoms with van der Waals surface area (Å²) in [5.74, 6) is -0.514. The topological polar surface area (TPSA) is 100.0 Å². The molecular formula is C26H19BrF5N2O5PS. The third kappa shape index (κ3) is 6.68. The second kappa shape index (κ2) is 11.6. The number of rotatable bonds is 8. The summed E-state index contributed by atoms with van der Waals surface area (Å²) in [5, 5.41) is 2.07. The van der Waals surface area contributed by atoms with Crippen molar-refractivity contribution in [3.8, 4) is 11.3 Å². The second-order valence-electron chi connectivity index (χ2n) is 8.61. The van der Waals surface area contributed by atoms with Gasteiger partial charge in [0.2, 0.25) is 0 Å². The molecule has 0 aliphatic carbocycles. The number of hydrogen-bond acceptors (Lipinski definition) is 6. The summed E-state index contributed by atoms with van der Waals surface area (Å²) in [6.45, 7) is -0.0417. The highest BCUT2D eigenvalue weighted by Gasteiger charge is 2.51. The molecule has 1 aromatic heterocycles. The van der Waals surface area contributed by atoms with E-state index in [9.17, 15) is 31.3 Å². The summed E-state index contributed by atoms with van der Waals surface area (Å²) in [7, 11) is -4.55. The molecule has 0 fully saturated rings. The molecule has 3 aromatic carbocycles. The Bertz CT molecular complexity index is 1610. The van der Waals surface area contributed by atoms with Gasteiger partial charge in [-0.05, 0) is 48.0 Å². The van der Waals surface area contributed by atoms with Crippen molar-refractivity contribution >= 4 is 51.7 Å². The monoisotopic (exact) mass is 676 g/mol. The third-order valence-electron chi connectivity index (χ3n) is 5.90. The minimum Gasteiger partial charge on any atom is -0.465 e. The number of carbonyl (C=O) groups is 1. The molecule has 0 spiro atoms. The van der Waals surface area contributed by atoms with Crippen molar-refractivity contribution in [3.63, 3.8) is 0 Å². The van der Waals surface area contributed by atoms with Gasteiger partial charge in [0.1, 0.15) is 0 Å². The van der Waals surface area contributed by atoms with Gasteiger partial charge in [0, 0.05) is 26.7 Å². The van der Waals surface area contributed by atoms with Crippen LogP contribution in [-0.2, 0) is 27.7 Å². The first-order valence-corrected chi connectivity index (χ1v) is 14.7. The lowest BCUT2D eigenvalue weighted by atomic mass is 10.1. The van der Waals surface area contributed by atoms with E-state index < -0.39 is 36.5 Å². The van der Waals surface area contributed by atoms with Crippen LogP contribution >= 0.6 is 34.9 Å². The van der Waals surface area contributed by atoms with Gasteiger partial charge in [-0.15, -0.1) is 11.3 Å². The van der Waals surface area contributed by atoms with Gasteiger partial charge >= 0.3 is 25.4 Å². The zero-order valence-electron chi connectivity index (χ0n) is 20.8. The third-order valence-corrected chi connectivity index (χ3v) is 8.39. The zero-order chi connectivity index (χ0) is 30.2. The van der Waals surface area contributed by atoms with Crippen LogP contribution in [0.25, 0.3) is 11.3 Å². The van der Waals surface area contributed by atoms with Gasteiger partial charge < -0.3 is 19.4 Å². The molecule has 41 heavy (non-hydrogen) atoms. The SMILES string of the molecule is COC(=O)c1ccc(-c2csc(N(Cc3ccc(C(F)(F)P(=O)(O)O)c(Br)c3)c3ccc(C(F)(F)F)cc3)n2)cc1. The van der Waals surface area contributed by atoms with Gasteiger partial charge in [-0.1, -0.05) is 40.2 Å². The van der Waals surface area contributed by atoms with Gasteiger partial charge in [-0.25, -0.2) is 9.78 Å². The highest BCUT2D eigenvalue weighted by atomic mass is 79.9. The van der Waals surface area contributed by atoms with Gasteiger partial charge in [0.15, 0.2) is 5.13 Å². The maximum Gasteiger partial charge on any atom is 0.416 e. The van der Waals surface area contributed by atoms with E-state index in [2.05, 4.69) is 20.9 Å². The average molecular weight is 677 g/mol. The Hall–Kier alpha value is -3.16. The predicted octanol–water partition coefficient (Wildman–Crippen LogP) is 7.94. The summed E-state index contributed by atoms with van der Waals surface area (Å²) in [6, 6.07) is 14.1. The largest absolute Gasteiger partial charge is 0.465 e. The van der Waals surface area contributed by atoms with E-state index in [-0.39, 0.29) is 11.0 Å². The first kappa shape index (κ1) is 30.8. The lowest BCUT2D eigenvalue weighted by molar-refractivity contribution is -0.137. The number of methoxy groups -OCH3 is 1. The van der Waals surface area contributed by atoms with E-state index in [0.29, 0.717) is 33.2 Å². The summed E-state index contributed by atoms with van der Waals surface area (Å²) in [5.41, 5.74) is -4.01. The normalized spacial score (nSPS) is 12.3. The number of hydrogen-bond donors (Lipinski definition) is 2. The molecule has 2 N–H and O–H groups in total. The highest BCUT2D eigenvalue weighted by Crippen LogP contribution is 2.60. The molecule has 0 unspecified atom stereocenters. The fourth-order valence-electron chi connectivity index (χ4n) is 3.76. The Morgan fingerprint density at radius 2 is 1.66 bits per heavy atom. The van der Waals surface area contributed by atoms with Crippen LogP contribution in [0.1, 0.15) is 27.0 Å². The summed E-state index contributed by atoms with van der Waals surface area (Å²) < 4.78 is 83.9. The summed E-state index contributed by atoms with van der Waals surface area (Å²) in [4.78, 5) is 36.1. The van der Waals surface area contributed by atoms with E-state index in [1.807, 2.05) is 0 Å². The van der Waals surface area contributed by atoms with Crippen LogP contribution < -0.4 is 4.90 Å². The first-order chi connectivity index (χ1) is 19.1. The van der Waals surface area contributed by atoms with Crippen LogP contribution in [0.3, 0.4) is 0 Å². The molecule has 4 rings (SSSR count). The Kier molecular flexibility index (Phi) is 8.72. The maximum atomic E-state index is 14.3. The van der Waals surface area contributed by atoms with Crippen molar-refractivity contribution in [1.29, 1.82) is 0 Å². The number of benzene rings is 3. The van der Waals surface area contributed by atoms with Gasteiger partial charge in [-0.3, -0.25) is 4.57 Å². The Balaban J connectivity index is 1.71. The molecule has 0 atom stereocenters. The van der Waals surface area contributed by atoms with Crippen LogP contribution in [0.15, 0.2) is 76.6 Å². The molecule has 15 heteroatoms. The number of nitrogens with zero attached hydrogens (tertiary/aromatic N) is 2. The maximum absolute atomic E-state index is 14.3. The fourth-order valence-corrected chi connectivity index (χ4v) is 5.95. The van der Waals surface area contributed by atoms with E-state index in [1.165, 1.54) is 42.7 Å². The summed E-state index contributed by atoms with van der Waals surface area (Å²) in [6.07, 6.45) is -4.56. The smallest absolute Gasteiger partial charge is 0.416 e. The van der Waals surface area contributed by atoms with E-state index in [0.717, 1.165) is 18.2 Å². The molecule has 0 radical (unpaired) electrons. The van der Waals surface area contributed by atoms with Crippen LogP contribution in [0.5, 0.6) is 0 Å². The molecule has 0 saturated heterocycles. The molecule has 216 valence electrons. The van der Waals surface area contributed by atoms with Crippen LogP contribution in [-0.4, -0.2) is 27.8 Å². The molecule has 0 bridgehead atoms. The van der Waals surface area contributed by atoms with Crippen LogP contribution in [0.2, 0.25) is 0 Å². The number of esters is 1. The highest BCUT2D eigenvalue weighted by molar-refractivity contribution is 9.10. The average Bonchev–Trinajstić information content (AvgIpc) is 3.40. The summed E-state index contributed by atoms with van der Waals surface area (Å²) >= 11 is 4.12. The van der Waals surface area contributed by atoms with Crippen molar-refractivity contribution in [2.45, 2.75) is 18.4 Å². The van der Waals surface area contributed by atoms with Crippen molar-refractivity contribution in [3.05, 3.63) is 98.8 Å². The number of ether oxygens (including phenoxy) is 1. The number of halogens is 6. The van der Waals surface area contributed by atoms with Gasteiger partial charge in [0.25, 0.3) is 0 Å². The second-order valence-corrected chi connectivity index (χ2v) is 12.0. The number of aromatic nitrogens is 1. The molecular weight excluding hydrogens is 658 g/mol. The lowest BCUT2D eigenvalue weighted by Gasteiger charge is -2.24. The quantitative estimate of drug-likeness (QED) is 0.111. The van der Waals surface area contributed by atoms with E-state index in [4.69, 9.17) is 14.5 Å². The van der Waals surface area contributed by atoms with Gasteiger partial charge in [-0.2, -0.15) is 22.0 Å². The standard InChI is InChI=1S/C26H19BrF5N2O5PS/c1-39-23(35)17-5-3-16(4-6-17)22-14-41-24(33-22)34(19-9-7-18(8-10-19)25(28,29)30)13-15-2-11-20(21(27)12-15)26(31,32)40(36,37)38/h2-12,14H,13H2,1H3,(H2,36,37,38). The Morgan fingerprint density at radius 3 is 2.20 bits per heavy atom. The minimum atomic E-state index is -5.81. The molecule has 0 aliphatic rings. The first-order valence-electron chi connectivity index (χ1n) is 11.4. The van der Waals surface area contributed by atoms with Crippen molar-refractivity contribution in [1.82, 2.24) is 4.98 Å². The zero-order valence-corrected chi connectivity index (χ0v) is 24.1. The van der Waals surface area contributed by atoms with Crippen molar-refractivity contribution < 1.29 is 45.8 Å². The van der Waals surface area contributed by atoms with E-state index >= 15 is 0 Å². The van der Waals surface area contributed by atoms with Crippen LogP contribution in [0.4, 0.5) is 32.8 Å². The molecule has 4 aromatic rings. The molecule has 0 aliphatic heterocycles. The van der Waals surface area contributed by atoms with E-state index in [1.54, 1.807) is 34.5 Å². The fraction of sp³-hybridized carbons (Fsp3) is 0.154.